The maximum Gasteiger partial charge on any atom is 0.222 e. The van der Waals surface area contributed by atoms with Gasteiger partial charge in [-0.1, -0.05) is 63.4 Å². The predicted molar refractivity (Wildman–Crippen MR) is 155 cm³/mol. The summed E-state index contributed by atoms with van der Waals surface area (Å²) in [5, 5.41) is 0.836. The Kier molecular flexibility index (Phi) is 9.09. The number of piperidine rings is 1. The number of fused-ring (bicyclic) bond motifs is 2. The minimum Gasteiger partial charge on any atom is -0.477 e. The summed E-state index contributed by atoms with van der Waals surface area (Å²) in [7, 11) is 2.22. The summed E-state index contributed by atoms with van der Waals surface area (Å²) in [6.45, 7) is 13.1. The van der Waals surface area contributed by atoms with Gasteiger partial charge in [0.1, 0.15) is 0 Å². The molecule has 0 N–H and O–H groups in total. The molecular formula is C31H41ClN4O. The highest BCUT2D eigenvalue weighted by molar-refractivity contribution is 6.33. The molecule has 1 saturated heterocycles. The van der Waals surface area contributed by atoms with E-state index in [1.165, 1.54) is 17.7 Å². The monoisotopic (exact) mass is 520 g/mol. The second kappa shape index (κ2) is 12.3. The summed E-state index contributed by atoms with van der Waals surface area (Å²) in [4.78, 5) is 14.5. The Labute approximate surface area is 227 Å². The Morgan fingerprint density at radius 3 is 2.57 bits per heavy atom. The van der Waals surface area contributed by atoms with Crippen LogP contribution in [0.2, 0.25) is 5.02 Å². The molecule has 3 aromatic rings. The number of pyridine rings is 2. The van der Waals surface area contributed by atoms with Crippen molar-refractivity contribution in [3.8, 4) is 17.1 Å². The van der Waals surface area contributed by atoms with Crippen LogP contribution >= 0.6 is 11.6 Å². The molecule has 2 atom stereocenters. The van der Waals surface area contributed by atoms with Crippen LogP contribution in [-0.4, -0.2) is 48.2 Å². The number of halogens is 1. The number of benzene rings is 1. The molecular weight excluding hydrogens is 480 g/mol. The van der Waals surface area contributed by atoms with Crippen LogP contribution in [0.15, 0.2) is 54.7 Å². The van der Waals surface area contributed by atoms with Gasteiger partial charge in [-0.2, -0.15) is 0 Å². The van der Waals surface area contributed by atoms with Gasteiger partial charge >= 0.3 is 0 Å². The van der Waals surface area contributed by atoms with E-state index >= 15 is 0 Å². The molecule has 0 aliphatic carbocycles. The van der Waals surface area contributed by atoms with Gasteiger partial charge in [-0.15, -0.1) is 0 Å². The molecule has 6 heteroatoms. The number of nitrogens with zero attached hydrogens (tertiary/aromatic N) is 4. The fourth-order valence-corrected chi connectivity index (χ4v) is 6.28. The number of aromatic nitrogens is 2. The van der Waals surface area contributed by atoms with Crippen LogP contribution in [0.4, 0.5) is 5.69 Å². The third-order valence-electron chi connectivity index (χ3n) is 7.55. The van der Waals surface area contributed by atoms with E-state index < -0.39 is 0 Å². The maximum absolute atomic E-state index is 6.57. The van der Waals surface area contributed by atoms with E-state index in [-0.39, 0.29) is 5.41 Å². The van der Waals surface area contributed by atoms with Crippen LogP contribution in [0.1, 0.15) is 58.2 Å². The van der Waals surface area contributed by atoms with Crippen LogP contribution in [0.5, 0.6) is 5.88 Å². The Bertz CT molecular complexity index is 1190. The Balaban J connectivity index is 0.00000102. The molecule has 5 nitrogen and oxygen atoms in total. The number of hydrogen-bond acceptors (Lipinski definition) is 5. The zero-order valence-electron chi connectivity index (χ0n) is 23.0. The lowest BCUT2D eigenvalue weighted by molar-refractivity contribution is 0.121. The van der Waals surface area contributed by atoms with Crippen LogP contribution in [0.25, 0.3) is 11.3 Å². The number of para-hydroxylation sites is 1. The largest absolute Gasteiger partial charge is 0.477 e. The van der Waals surface area contributed by atoms with Gasteiger partial charge in [0.15, 0.2) is 0 Å². The van der Waals surface area contributed by atoms with Crippen molar-refractivity contribution in [3.05, 3.63) is 71.0 Å². The lowest BCUT2D eigenvalue weighted by atomic mass is 9.62. The fraction of sp³-hybridized carbons (Fsp3) is 0.484. The van der Waals surface area contributed by atoms with Crippen LogP contribution in [0, 0.1) is 5.92 Å². The average Bonchev–Trinajstić information content (AvgIpc) is 2.90. The topological polar surface area (TPSA) is 41.5 Å². The highest BCUT2D eigenvalue weighted by Crippen LogP contribution is 2.47. The van der Waals surface area contributed by atoms with E-state index in [1.54, 1.807) is 6.20 Å². The van der Waals surface area contributed by atoms with Crippen LogP contribution in [-0.2, 0) is 12.0 Å². The lowest BCUT2D eigenvalue weighted by Gasteiger charge is -2.53. The maximum atomic E-state index is 6.57. The number of hydrogen-bond donors (Lipinski definition) is 0. The van der Waals surface area contributed by atoms with Gasteiger partial charge in [0, 0.05) is 37.8 Å². The predicted octanol–water partition coefficient (Wildman–Crippen LogP) is 7.23. The molecule has 2 aliphatic heterocycles. The molecule has 0 saturated carbocycles. The van der Waals surface area contributed by atoms with E-state index in [0.29, 0.717) is 18.4 Å². The SMILES string of the molecule is CCC.CCOc1ncccc1-c1ccc2c(n1)CN(C)CC21CCN(c2ccccc2Cl)CC1CC. The molecule has 0 radical (unpaired) electrons. The second-order valence-corrected chi connectivity index (χ2v) is 10.7. The second-order valence-electron chi connectivity index (χ2n) is 10.3. The molecule has 1 aromatic carbocycles. The first-order chi connectivity index (χ1) is 18.0. The first-order valence-corrected chi connectivity index (χ1v) is 14.1. The van der Waals surface area contributed by atoms with Crippen molar-refractivity contribution >= 4 is 17.3 Å². The summed E-state index contributed by atoms with van der Waals surface area (Å²) >= 11 is 6.57. The lowest BCUT2D eigenvalue weighted by Crippen LogP contribution is -2.57. The molecule has 1 fully saturated rings. The van der Waals surface area contributed by atoms with Crippen LogP contribution in [0.3, 0.4) is 0 Å². The quantitative estimate of drug-likeness (QED) is 0.355. The molecule has 0 bridgehead atoms. The first-order valence-electron chi connectivity index (χ1n) is 13.7. The molecule has 2 unspecified atom stereocenters. The van der Waals surface area contributed by atoms with E-state index in [4.69, 9.17) is 21.3 Å². The minimum absolute atomic E-state index is 0.0953. The van der Waals surface area contributed by atoms with Crippen molar-refractivity contribution in [2.45, 2.75) is 58.9 Å². The average molecular weight is 521 g/mol. The standard InChI is InChI=1S/C28H33ClN4O.C3H8/c1-4-20-17-33(26-11-7-6-10-23(26)29)16-14-28(20)19-32(3)18-25-22(28)12-13-24(31-25)21-9-8-15-30-27(21)34-5-2;1-3-2/h6-13,15,20H,4-5,14,16-19H2,1-3H3;3H2,1-2H3. The van der Waals surface area contributed by atoms with Crippen molar-refractivity contribution in [2.24, 2.45) is 5.92 Å². The zero-order chi connectivity index (χ0) is 26.4. The summed E-state index contributed by atoms with van der Waals surface area (Å²) in [6.07, 6.45) is 5.23. The first kappa shape index (κ1) is 27.4. The van der Waals surface area contributed by atoms with Crippen molar-refractivity contribution in [3.63, 3.8) is 0 Å². The van der Waals surface area contributed by atoms with Crippen molar-refractivity contribution in [1.29, 1.82) is 0 Å². The van der Waals surface area contributed by atoms with Gasteiger partial charge in [-0.25, -0.2) is 4.98 Å². The number of likely N-dealkylation sites (N-methyl/N-ethyl adjacent to an activating group) is 1. The van der Waals surface area contributed by atoms with Crippen molar-refractivity contribution in [1.82, 2.24) is 14.9 Å². The summed E-state index contributed by atoms with van der Waals surface area (Å²) in [5.41, 5.74) is 5.73. The number of rotatable bonds is 5. The van der Waals surface area contributed by atoms with E-state index in [1.807, 2.05) is 31.2 Å². The van der Waals surface area contributed by atoms with Gasteiger partial charge in [0.2, 0.25) is 5.88 Å². The molecule has 4 heterocycles. The molecule has 1 spiro atoms. The Hall–Kier alpha value is -2.63. The summed E-state index contributed by atoms with van der Waals surface area (Å²) in [6, 6.07) is 16.7. The molecule has 5 rings (SSSR count). The zero-order valence-corrected chi connectivity index (χ0v) is 23.8. The molecule has 2 aromatic heterocycles. The van der Waals surface area contributed by atoms with Crippen LogP contribution < -0.4 is 9.64 Å². The molecule has 2 aliphatic rings. The van der Waals surface area contributed by atoms with E-state index in [9.17, 15) is 0 Å². The van der Waals surface area contributed by atoms with Gasteiger partial charge in [-0.05, 0) is 62.2 Å². The molecule has 37 heavy (non-hydrogen) atoms. The Morgan fingerprint density at radius 1 is 1.05 bits per heavy atom. The summed E-state index contributed by atoms with van der Waals surface area (Å²) in [5.74, 6) is 1.17. The third kappa shape index (κ3) is 5.63. The van der Waals surface area contributed by atoms with E-state index in [0.717, 1.165) is 61.0 Å². The number of anilines is 1. The highest BCUT2D eigenvalue weighted by atomic mass is 35.5. The summed E-state index contributed by atoms with van der Waals surface area (Å²) < 4.78 is 5.79. The number of ether oxygens (including phenoxy) is 1. The fourth-order valence-electron chi connectivity index (χ4n) is 6.02. The van der Waals surface area contributed by atoms with Gasteiger partial charge in [0.25, 0.3) is 0 Å². The van der Waals surface area contributed by atoms with Crippen molar-refractivity contribution < 1.29 is 4.74 Å². The smallest absolute Gasteiger partial charge is 0.222 e. The van der Waals surface area contributed by atoms with Gasteiger partial charge in [-0.3, -0.25) is 9.88 Å². The third-order valence-corrected chi connectivity index (χ3v) is 7.87. The van der Waals surface area contributed by atoms with Gasteiger partial charge in [0.05, 0.1) is 34.3 Å². The highest BCUT2D eigenvalue weighted by Gasteiger charge is 2.47. The minimum atomic E-state index is 0.0953. The van der Waals surface area contributed by atoms with Gasteiger partial charge < -0.3 is 9.64 Å². The molecule has 198 valence electrons. The normalized spacial score (nSPS) is 21.2. The van der Waals surface area contributed by atoms with Crippen molar-refractivity contribution in [2.75, 3.05) is 38.2 Å². The Morgan fingerprint density at radius 2 is 1.84 bits per heavy atom. The molecule has 0 amide bonds. The van der Waals surface area contributed by atoms with E-state index in [2.05, 4.69) is 66.9 Å².